The summed E-state index contributed by atoms with van der Waals surface area (Å²) in [5.74, 6) is 0.841. The minimum atomic E-state index is 0.0329. The standard InChI is InChI=1S/C16H23NO3/c1-2-11-19-14-5-3-13(4-6-14)16(18)12-20-15-7-9-17-10-8-15/h3-6,15,17H,2,7-12H2,1H3. The van der Waals surface area contributed by atoms with Crippen molar-refractivity contribution < 1.29 is 14.3 Å². The molecule has 1 aromatic rings. The minimum absolute atomic E-state index is 0.0329. The number of piperidine rings is 1. The van der Waals surface area contributed by atoms with Crippen LogP contribution in [0.25, 0.3) is 0 Å². The third-order valence-electron chi connectivity index (χ3n) is 3.39. The third kappa shape index (κ3) is 4.62. The summed E-state index contributed by atoms with van der Waals surface area (Å²) < 4.78 is 11.2. The fourth-order valence-corrected chi connectivity index (χ4v) is 2.20. The summed E-state index contributed by atoms with van der Waals surface area (Å²) in [7, 11) is 0. The number of hydrogen-bond acceptors (Lipinski definition) is 4. The molecule has 1 fully saturated rings. The van der Waals surface area contributed by atoms with E-state index in [4.69, 9.17) is 9.47 Å². The average molecular weight is 277 g/mol. The van der Waals surface area contributed by atoms with Crippen LogP contribution in [-0.4, -0.2) is 38.2 Å². The van der Waals surface area contributed by atoms with Gasteiger partial charge < -0.3 is 14.8 Å². The van der Waals surface area contributed by atoms with Crippen LogP contribution in [0.2, 0.25) is 0 Å². The van der Waals surface area contributed by atoms with Crippen LogP contribution in [0.1, 0.15) is 36.5 Å². The molecule has 0 unspecified atom stereocenters. The zero-order valence-electron chi connectivity index (χ0n) is 12.1. The minimum Gasteiger partial charge on any atom is -0.494 e. The lowest BCUT2D eigenvalue weighted by atomic mass is 10.1. The lowest BCUT2D eigenvalue weighted by Gasteiger charge is -2.22. The smallest absolute Gasteiger partial charge is 0.188 e. The number of nitrogens with one attached hydrogen (secondary N) is 1. The Morgan fingerprint density at radius 3 is 2.60 bits per heavy atom. The number of hydrogen-bond donors (Lipinski definition) is 1. The van der Waals surface area contributed by atoms with E-state index in [0.29, 0.717) is 12.2 Å². The SMILES string of the molecule is CCCOc1ccc(C(=O)COC2CCNCC2)cc1. The molecule has 0 atom stereocenters. The van der Waals surface area contributed by atoms with Crippen LogP contribution in [0.15, 0.2) is 24.3 Å². The van der Waals surface area contributed by atoms with E-state index in [-0.39, 0.29) is 18.5 Å². The number of ketones is 1. The van der Waals surface area contributed by atoms with E-state index in [9.17, 15) is 4.79 Å². The van der Waals surface area contributed by atoms with Gasteiger partial charge in [-0.15, -0.1) is 0 Å². The molecule has 1 aliphatic heterocycles. The molecule has 4 heteroatoms. The molecular formula is C16H23NO3. The van der Waals surface area contributed by atoms with Crippen LogP contribution in [0.3, 0.4) is 0 Å². The molecule has 1 N–H and O–H groups in total. The Kier molecular flexibility index (Phi) is 6.02. The van der Waals surface area contributed by atoms with E-state index in [1.165, 1.54) is 0 Å². The van der Waals surface area contributed by atoms with E-state index < -0.39 is 0 Å². The van der Waals surface area contributed by atoms with Crippen LogP contribution >= 0.6 is 0 Å². The maximum atomic E-state index is 12.0. The molecule has 0 amide bonds. The second-order valence-electron chi connectivity index (χ2n) is 5.06. The first-order valence-electron chi connectivity index (χ1n) is 7.38. The van der Waals surface area contributed by atoms with Gasteiger partial charge in [0, 0.05) is 5.56 Å². The van der Waals surface area contributed by atoms with Crippen molar-refractivity contribution in [1.82, 2.24) is 5.32 Å². The first kappa shape index (κ1) is 15.0. The fourth-order valence-electron chi connectivity index (χ4n) is 2.20. The van der Waals surface area contributed by atoms with Gasteiger partial charge in [0.15, 0.2) is 5.78 Å². The van der Waals surface area contributed by atoms with Gasteiger partial charge in [-0.25, -0.2) is 0 Å². The first-order chi connectivity index (χ1) is 9.79. The molecular weight excluding hydrogens is 254 g/mol. The topological polar surface area (TPSA) is 47.6 Å². The number of carbonyl (C=O) groups excluding carboxylic acids is 1. The number of carbonyl (C=O) groups is 1. The highest BCUT2D eigenvalue weighted by Gasteiger charge is 2.15. The predicted octanol–water partition coefficient (Wildman–Crippen LogP) is 2.43. The summed E-state index contributed by atoms with van der Waals surface area (Å²) in [5.41, 5.74) is 0.683. The van der Waals surface area contributed by atoms with Crippen LogP contribution in [0.5, 0.6) is 5.75 Å². The van der Waals surface area contributed by atoms with Crippen LogP contribution < -0.4 is 10.1 Å². The van der Waals surface area contributed by atoms with Crippen molar-refractivity contribution >= 4 is 5.78 Å². The Morgan fingerprint density at radius 2 is 1.95 bits per heavy atom. The van der Waals surface area contributed by atoms with Crippen molar-refractivity contribution in [2.45, 2.75) is 32.3 Å². The number of rotatable bonds is 7. The van der Waals surface area contributed by atoms with Gasteiger partial charge in [0.25, 0.3) is 0 Å². The van der Waals surface area contributed by atoms with E-state index >= 15 is 0 Å². The van der Waals surface area contributed by atoms with Gasteiger partial charge >= 0.3 is 0 Å². The van der Waals surface area contributed by atoms with Gasteiger partial charge in [-0.05, 0) is 56.6 Å². The summed E-state index contributed by atoms with van der Waals surface area (Å²) in [6, 6.07) is 7.29. The van der Waals surface area contributed by atoms with Crippen LogP contribution in [-0.2, 0) is 4.74 Å². The molecule has 0 bridgehead atoms. The molecule has 2 rings (SSSR count). The lowest BCUT2D eigenvalue weighted by molar-refractivity contribution is 0.0317. The van der Waals surface area contributed by atoms with Crippen molar-refractivity contribution in [3.05, 3.63) is 29.8 Å². The Hall–Kier alpha value is -1.39. The lowest BCUT2D eigenvalue weighted by Crippen LogP contribution is -2.33. The van der Waals surface area contributed by atoms with Gasteiger partial charge in [0.05, 0.1) is 12.7 Å². The molecule has 20 heavy (non-hydrogen) atoms. The van der Waals surface area contributed by atoms with Crippen molar-refractivity contribution in [2.75, 3.05) is 26.3 Å². The average Bonchev–Trinajstić information content (AvgIpc) is 2.52. The Morgan fingerprint density at radius 1 is 1.25 bits per heavy atom. The summed E-state index contributed by atoms with van der Waals surface area (Å²) in [4.78, 5) is 12.0. The molecule has 1 heterocycles. The predicted molar refractivity (Wildman–Crippen MR) is 78.4 cm³/mol. The van der Waals surface area contributed by atoms with Crippen molar-refractivity contribution in [3.8, 4) is 5.75 Å². The molecule has 4 nitrogen and oxygen atoms in total. The van der Waals surface area contributed by atoms with Crippen molar-refractivity contribution in [1.29, 1.82) is 0 Å². The van der Waals surface area contributed by atoms with E-state index in [1.807, 2.05) is 12.1 Å². The highest BCUT2D eigenvalue weighted by atomic mass is 16.5. The summed E-state index contributed by atoms with van der Waals surface area (Å²) in [6.07, 6.45) is 3.16. The van der Waals surface area contributed by atoms with Gasteiger partial charge in [0.1, 0.15) is 12.4 Å². The van der Waals surface area contributed by atoms with Crippen LogP contribution in [0, 0.1) is 0 Å². The maximum absolute atomic E-state index is 12.0. The van der Waals surface area contributed by atoms with Gasteiger partial charge in [-0.3, -0.25) is 4.79 Å². The fraction of sp³-hybridized carbons (Fsp3) is 0.562. The molecule has 1 aromatic carbocycles. The number of ether oxygens (including phenoxy) is 2. The summed E-state index contributed by atoms with van der Waals surface area (Å²) >= 11 is 0. The Labute approximate surface area is 120 Å². The summed E-state index contributed by atoms with van der Waals surface area (Å²) in [6.45, 7) is 4.88. The van der Waals surface area contributed by atoms with E-state index in [2.05, 4.69) is 12.2 Å². The van der Waals surface area contributed by atoms with Gasteiger partial charge in [0.2, 0.25) is 0 Å². The molecule has 1 saturated heterocycles. The quantitative estimate of drug-likeness (QED) is 0.778. The normalized spacial score (nSPS) is 16.1. The van der Waals surface area contributed by atoms with Crippen molar-refractivity contribution in [3.63, 3.8) is 0 Å². The van der Waals surface area contributed by atoms with Crippen LogP contribution in [0.4, 0.5) is 0 Å². The molecule has 110 valence electrons. The highest BCUT2D eigenvalue weighted by molar-refractivity contribution is 5.97. The highest BCUT2D eigenvalue weighted by Crippen LogP contribution is 2.14. The molecule has 0 saturated carbocycles. The Bertz CT molecular complexity index is 410. The van der Waals surface area contributed by atoms with E-state index in [0.717, 1.165) is 38.1 Å². The second-order valence-corrected chi connectivity index (χ2v) is 5.06. The number of Topliss-reactive ketones (excluding diaryl/α,β-unsaturated/α-hetero) is 1. The molecule has 0 radical (unpaired) electrons. The zero-order chi connectivity index (χ0) is 14.2. The first-order valence-corrected chi connectivity index (χ1v) is 7.38. The zero-order valence-corrected chi connectivity index (χ0v) is 12.1. The van der Waals surface area contributed by atoms with E-state index in [1.54, 1.807) is 12.1 Å². The maximum Gasteiger partial charge on any atom is 0.188 e. The van der Waals surface area contributed by atoms with Crippen molar-refractivity contribution in [2.24, 2.45) is 0 Å². The number of benzene rings is 1. The molecule has 0 aromatic heterocycles. The second kappa shape index (κ2) is 8.02. The molecule has 0 spiro atoms. The molecule has 1 aliphatic rings. The largest absolute Gasteiger partial charge is 0.494 e. The van der Waals surface area contributed by atoms with Gasteiger partial charge in [-0.1, -0.05) is 6.92 Å². The summed E-state index contributed by atoms with van der Waals surface area (Å²) in [5, 5.41) is 3.28. The Balaban J connectivity index is 1.79. The van der Waals surface area contributed by atoms with Gasteiger partial charge in [-0.2, -0.15) is 0 Å². The molecule has 0 aliphatic carbocycles. The third-order valence-corrected chi connectivity index (χ3v) is 3.39. The monoisotopic (exact) mass is 277 g/mol.